The van der Waals surface area contributed by atoms with Crippen LogP contribution in [0.3, 0.4) is 0 Å². The second-order valence-corrected chi connectivity index (χ2v) is 10.6. The third-order valence-electron chi connectivity index (χ3n) is 7.44. The number of thiol groups is 1. The molecule has 0 heterocycles. The Morgan fingerprint density at radius 2 is 0.639 bits per heavy atom. The van der Waals surface area contributed by atoms with Crippen molar-refractivity contribution in [2.45, 2.75) is 101 Å². The van der Waals surface area contributed by atoms with Crippen LogP contribution >= 0.6 is 12.6 Å². The lowest BCUT2D eigenvalue weighted by Gasteiger charge is -2.28. The first-order chi connectivity index (χ1) is 17.2. The van der Waals surface area contributed by atoms with Gasteiger partial charge in [-0.25, -0.2) is 0 Å². The van der Waals surface area contributed by atoms with E-state index in [2.05, 4.69) is 111 Å². The summed E-state index contributed by atoms with van der Waals surface area (Å²) >= 11 is 3.53. The Balaban J connectivity index is 0.00000222. The first-order valence-electron chi connectivity index (χ1n) is 14.0. The minimum Gasteiger partial charge on any atom is -0.183 e. The Bertz CT molecular complexity index is 943. The molecule has 0 unspecified atom stereocenters. The van der Waals surface area contributed by atoms with Crippen LogP contribution in [0.2, 0.25) is 0 Å². The van der Waals surface area contributed by atoms with Crippen molar-refractivity contribution in [1.82, 2.24) is 0 Å². The Morgan fingerprint density at radius 3 is 0.806 bits per heavy atom. The fraction of sp³-hybridized carbons (Fsp3) is 0.471. The highest BCUT2D eigenvalue weighted by atomic mass is 32.1. The molecule has 0 amide bonds. The first kappa shape index (κ1) is 30.3. The van der Waals surface area contributed by atoms with E-state index in [1.165, 1.54) is 85.7 Å². The molecule has 0 aliphatic carbocycles. The van der Waals surface area contributed by atoms with Crippen LogP contribution in [0.5, 0.6) is 0 Å². The number of hydrogen-bond acceptors (Lipinski definition) is 1. The van der Waals surface area contributed by atoms with Crippen molar-refractivity contribution >= 4 is 35.7 Å². The Kier molecular flexibility index (Phi) is 11.9. The van der Waals surface area contributed by atoms with Gasteiger partial charge in [0.25, 0.3) is 0 Å². The summed E-state index contributed by atoms with van der Waals surface area (Å²) in [6, 6.07) is 14.7. The van der Waals surface area contributed by atoms with E-state index >= 15 is 0 Å². The van der Waals surface area contributed by atoms with E-state index < -0.39 is 0 Å². The van der Waals surface area contributed by atoms with Crippen LogP contribution in [0.1, 0.15) is 90.1 Å². The zero-order valence-electron chi connectivity index (χ0n) is 24.7. The summed E-state index contributed by atoms with van der Waals surface area (Å²) in [5.74, 6) is 0. The predicted molar refractivity (Wildman–Crippen MR) is 169 cm³/mol. The van der Waals surface area contributed by atoms with Crippen LogP contribution in [-0.4, -0.2) is 13.0 Å². The minimum absolute atomic E-state index is 0.266. The van der Waals surface area contributed by atoms with Gasteiger partial charge in [-0.05, 0) is 83.8 Å². The standard InChI is InChI=1S/C33H45B.CH4S/c1-10-13-28-16-22(4)31(23(5)17-28)34(32-24(6)18-29(14-11-2)19-25(32)7)33-26(8)20-30(15-12-3)21-27(33)9;1-2/h16-21H,10-15H2,1-9H3;2H,1H3. The lowest BCUT2D eigenvalue weighted by Crippen LogP contribution is -2.57. The van der Waals surface area contributed by atoms with Crippen molar-refractivity contribution in [3.05, 3.63) is 86.5 Å². The molecule has 0 saturated heterocycles. The van der Waals surface area contributed by atoms with E-state index in [4.69, 9.17) is 0 Å². The third-order valence-corrected chi connectivity index (χ3v) is 7.44. The molecule has 0 fully saturated rings. The van der Waals surface area contributed by atoms with Gasteiger partial charge in [0, 0.05) is 0 Å². The molecule has 0 N–H and O–H groups in total. The summed E-state index contributed by atoms with van der Waals surface area (Å²) < 4.78 is 0. The van der Waals surface area contributed by atoms with Gasteiger partial charge in [-0.2, -0.15) is 12.6 Å². The van der Waals surface area contributed by atoms with E-state index in [1.54, 1.807) is 6.26 Å². The number of aryl methyl sites for hydroxylation is 9. The highest BCUT2D eigenvalue weighted by Crippen LogP contribution is 2.18. The molecule has 0 saturated carbocycles. The van der Waals surface area contributed by atoms with Gasteiger partial charge in [0.05, 0.1) is 0 Å². The van der Waals surface area contributed by atoms with E-state index in [1.807, 2.05) is 0 Å². The fourth-order valence-corrected chi connectivity index (χ4v) is 6.29. The van der Waals surface area contributed by atoms with E-state index in [0.717, 1.165) is 19.3 Å². The molecule has 0 aromatic heterocycles. The van der Waals surface area contributed by atoms with Crippen LogP contribution in [0.15, 0.2) is 36.4 Å². The summed E-state index contributed by atoms with van der Waals surface area (Å²) in [6.07, 6.45) is 8.72. The molecule has 2 heteroatoms. The lowest BCUT2D eigenvalue weighted by molar-refractivity contribution is 0.918. The fourth-order valence-electron chi connectivity index (χ4n) is 6.29. The largest absolute Gasteiger partial charge is 0.243 e. The van der Waals surface area contributed by atoms with Crippen LogP contribution < -0.4 is 16.4 Å². The summed E-state index contributed by atoms with van der Waals surface area (Å²) in [5, 5.41) is 0. The van der Waals surface area contributed by atoms with E-state index in [-0.39, 0.29) is 6.71 Å². The second kappa shape index (κ2) is 14.1. The minimum atomic E-state index is 0.266. The molecule has 0 nitrogen and oxygen atoms in total. The molecule has 0 aliphatic heterocycles. The maximum absolute atomic E-state index is 3.53. The molecule has 3 rings (SSSR count). The smallest absolute Gasteiger partial charge is 0.183 e. The van der Waals surface area contributed by atoms with Gasteiger partial charge in [-0.1, -0.05) is 126 Å². The third kappa shape index (κ3) is 6.88. The van der Waals surface area contributed by atoms with Gasteiger partial charge in [-0.15, -0.1) is 0 Å². The molecular formula is C34H49BS. The van der Waals surface area contributed by atoms with Crippen molar-refractivity contribution in [3.8, 4) is 0 Å². The van der Waals surface area contributed by atoms with Crippen molar-refractivity contribution < 1.29 is 0 Å². The van der Waals surface area contributed by atoms with Crippen molar-refractivity contribution in [3.63, 3.8) is 0 Å². The van der Waals surface area contributed by atoms with E-state index in [9.17, 15) is 0 Å². The average molecular weight is 501 g/mol. The maximum Gasteiger partial charge on any atom is 0.243 e. The van der Waals surface area contributed by atoms with Crippen LogP contribution in [-0.2, 0) is 19.3 Å². The lowest BCUT2D eigenvalue weighted by atomic mass is 9.33. The predicted octanol–water partition coefficient (Wildman–Crippen LogP) is 7.46. The van der Waals surface area contributed by atoms with Crippen LogP contribution in [0.4, 0.5) is 0 Å². The molecule has 36 heavy (non-hydrogen) atoms. The van der Waals surface area contributed by atoms with Crippen molar-refractivity contribution in [1.29, 1.82) is 0 Å². The Labute approximate surface area is 228 Å². The quantitative estimate of drug-likeness (QED) is 0.229. The number of rotatable bonds is 9. The van der Waals surface area contributed by atoms with Crippen molar-refractivity contribution in [2.24, 2.45) is 0 Å². The molecule has 0 radical (unpaired) electrons. The van der Waals surface area contributed by atoms with Gasteiger partial charge in [0.1, 0.15) is 0 Å². The van der Waals surface area contributed by atoms with Gasteiger partial charge < -0.3 is 0 Å². The van der Waals surface area contributed by atoms with Crippen LogP contribution in [0.25, 0.3) is 0 Å². The summed E-state index contributed by atoms with van der Waals surface area (Å²) in [5.41, 5.74) is 17.5. The molecular weight excluding hydrogens is 451 g/mol. The van der Waals surface area contributed by atoms with E-state index in [0.29, 0.717) is 0 Å². The monoisotopic (exact) mass is 500 g/mol. The zero-order valence-corrected chi connectivity index (χ0v) is 25.6. The molecule has 0 spiro atoms. The SMILES string of the molecule is CCCc1cc(C)c(B(c2c(C)cc(CCC)cc2C)c2c(C)cc(CCC)cc2C)c(C)c1.CS. The maximum atomic E-state index is 3.53. The Morgan fingerprint density at radius 1 is 0.444 bits per heavy atom. The Hall–Kier alpha value is -1.93. The normalized spacial score (nSPS) is 10.8. The molecule has 3 aromatic rings. The highest BCUT2D eigenvalue weighted by Gasteiger charge is 2.31. The average Bonchev–Trinajstić information content (AvgIpc) is 2.79. The summed E-state index contributed by atoms with van der Waals surface area (Å²) in [4.78, 5) is 0. The topological polar surface area (TPSA) is 0 Å². The first-order valence-corrected chi connectivity index (χ1v) is 14.9. The highest BCUT2D eigenvalue weighted by molar-refractivity contribution is 7.79. The van der Waals surface area contributed by atoms with Gasteiger partial charge >= 0.3 is 0 Å². The number of hydrogen-bond donors (Lipinski definition) is 1. The summed E-state index contributed by atoms with van der Waals surface area (Å²) in [7, 11) is 0. The second-order valence-electron chi connectivity index (χ2n) is 10.6. The number of benzene rings is 3. The van der Waals surface area contributed by atoms with Gasteiger partial charge in [-0.3, -0.25) is 0 Å². The molecule has 0 atom stereocenters. The molecule has 0 bridgehead atoms. The van der Waals surface area contributed by atoms with Gasteiger partial charge in [0.15, 0.2) is 0 Å². The van der Waals surface area contributed by atoms with Gasteiger partial charge in [0.2, 0.25) is 6.71 Å². The molecule has 194 valence electrons. The van der Waals surface area contributed by atoms with Crippen LogP contribution in [0, 0.1) is 41.5 Å². The van der Waals surface area contributed by atoms with Crippen molar-refractivity contribution in [2.75, 3.05) is 6.26 Å². The summed E-state index contributed by atoms with van der Waals surface area (Å²) in [6.45, 7) is 21.1. The zero-order chi connectivity index (χ0) is 27.0. The molecule has 0 aliphatic rings. The molecule has 3 aromatic carbocycles.